The fraction of sp³-hybridized carbons (Fsp3) is 0.875. The summed E-state index contributed by atoms with van der Waals surface area (Å²) in [6.45, 7) is 1.52. The van der Waals surface area contributed by atoms with E-state index in [4.69, 9.17) is 5.11 Å². The number of hydrogen-bond donors (Lipinski definition) is 3. The van der Waals surface area contributed by atoms with Crippen molar-refractivity contribution in [1.82, 2.24) is 5.32 Å². The fourth-order valence-corrected chi connectivity index (χ4v) is 1.68. The molecule has 12 heavy (non-hydrogen) atoms. The van der Waals surface area contributed by atoms with Crippen LogP contribution in [0.3, 0.4) is 0 Å². The number of aliphatic hydroxyl groups excluding tert-OH is 2. The summed E-state index contributed by atoms with van der Waals surface area (Å²) in [5.74, 6) is 0.00879. The molecule has 1 amide bonds. The third kappa shape index (κ3) is 2.19. The lowest BCUT2D eigenvalue weighted by Crippen LogP contribution is -2.38. The molecule has 1 saturated carbocycles. The van der Waals surface area contributed by atoms with E-state index >= 15 is 0 Å². The molecule has 4 nitrogen and oxygen atoms in total. The molecule has 0 aliphatic heterocycles. The highest BCUT2D eigenvalue weighted by Gasteiger charge is 2.32. The molecule has 0 aromatic rings. The van der Waals surface area contributed by atoms with Crippen molar-refractivity contribution in [1.29, 1.82) is 0 Å². The van der Waals surface area contributed by atoms with Gasteiger partial charge < -0.3 is 15.5 Å². The SMILES string of the molecule is CC(=O)NC1CC(CO)CC1O. The maximum Gasteiger partial charge on any atom is 0.217 e. The average molecular weight is 173 g/mol. The molecule has 1 fully saturated rings. The Balaban J connectivity index is 2.40. The summed E-state index contributed by atoms with van der Waals surface area (Å²) in [6.07, 6.45) is 0.768. The van der Waals surface area contributed by atoms with Crippen LogP contribution in [0.15, 0.2) is 0 Å². The van der Waals surface area contributed by atoms with Crippen LogP contribution in [-0.4, -0.2) is 34.9 Å². The number of aliphatic hydroxyl groups is 2. The smallest absolute Gasteiger partial charge is 0.217 e. The minimum absolute atomic E-state index is 0.0904. The van der Waals surface area contributed by atoms with Crippen molar-refractivity contribution in [3.63, 3.8) is 0 Å². The van der Waals surface area contributed by atoms with Gasteiger partial charge in [0.2, 0.25) is 5.91 Å². The van der Waals surface area contributed by atoms with E-state index in [1.807, 2.05) is 0 Å². The molecule has 0 spiro atoms. The van der Waals surface area contributed by atoms with Crippen molar-refractivity contribution in [3.8, 4) is 0 Å². The van der Waals surface area contributed by atoms with Crippen molar-refractivity contribution in [2.45, 2.75) is 31.9 Å². The Kier molecular flexibility index (Phi) is 3.05. The summed E-state index contributed by atoms with van der Waals surface area (Å²) in [5, 5.41) is 20.9. The summed E-state index contributed by atoms with van der Waals surface area (Å²) in [5.41, 5.74) is 0. The summed E-state index contributed by atoms with van der Waals surface area (Å²) >= 11 is 0. The molecule has 0 radical (unpaired) electrons. The third-order valence-corrected chi connectivity index (χ3v) is 2.27. The van der Waals surface area contributed by atoms with Gasteiger partial charge in [-0.3, -0.25) is 4.79 Å². The molecule has 3 atom stereocenters. The highest BCUT2D eigenvalue weighted by Crippen LogP contribution is 2.25. The summed E-state index contributed by atoms with van der Waals surface area (Å²) in [6, 6.07) is -0.167. The van der Waals surface area contributed by atoms with Crippen molar-refractivity contribution in [2.24, 2.45) is 5.92 Å². The average Bonchev–Trinajstić information content (AvgIpc) is 2.31. The number of carbonyl (C=O) groups excluding carboxylic acids is 1. The summed E-state index contributed by atoms with van der Waals surface area (Å²) in [4.78, 5) is 10.7. The van der Waals surface area contributed by atoms with Gasteiger partial charge in [-0.1, -0.05) is 0 Å². The zero-order chi connectivity index (χ0) is 9.14. The van der Waals surface area contributed by atoms with E-state index in [0.717, 1.165) is 0 Å². The van der Waals surface area contributed by atoms with Gasteiger partial charge in [0.15, 0.2) is 0 Å². The standard InChI is InChI=1S/C8H15NO3/c1-5(11)9-7-2-6(4-10)3-8(7)12/h6-8,10,12H,2-4H2,1H3,(H,9,11). The normalized spacial score (nSPS) is 35.1. The molecule has 70 valence electrons. The van der Waals surface area contributed by atoms with Crippen molar-refractivity contribution in [3.05, 3.63) is 0 Å². The van der Waals surface area contributed by atoms with Gasteiger partial charge in [-0.05, 0) is 18.8 Å². The van der Waals surface area contributed by atoms with Crippen LogP contribution in [0.1, 0.15) is 19.8 Å². The molecule has 0 aromatic heterocycles. The lowest BCUT2D eigenvalue weighted by Gasteiger charge is -2.14. The van der Waals surface area contributed by atoms with Crippen LogP contribution in [0, 0.1) is 5.92 Å². The second kappa shape index (κ2) is 3.87. The van der Waals surface area contributed by atoms with Gasteiger partial charge in [0.25, 0.3) is 0 Å². The second-order valence-corrected chi connectivity index (χ2v) is 3.39. The van der Waals surface area contributed by atoms with Gasteiger partial charge in [-0.25, -0.2) is 0 Å². The van der Waals surface area contributed by atoms with Gasteiger partial charge in [0, 0.05) is 13.5 Å². The molecule has 0 bridgehead atoms. The quantitative estimate of drug-likeness (QED) is 0.515. The minimum atomic E-state index is -0.494. The first kappa shape index (κ1) is 9.48. The molecule has 1 rings (SSSR count). The van der Waals surface area contributed by atoms with Crippen LogP contribution < -0.4 is 5.32 Å². The molecule has 1 aliphatic rings. The van der Waals surface area contributed by atoms with Crippen molar-refractivity contribution in [2.75, 3.05) is 6.61 Å². The minimum Gasteiger partial charge on any atom is -0.396 e. The van der Waals surface area contributed by atoms with Crippen LogP contribution in [0.5, 0.6) is 0 Å². The summed E-state index contributed by atoms with van der Waals surface area (Å²) in [7, 11) is 0. The van der Waals surface area contributed by atoms with Crippen LogP contribution in [-0.2, 0) is 4.79 Å². The largest absolute Gasteiger partial charge is 0.396 e. The van der Waals surface area contributed by atoms with E-state index in [1.165, 1.54) is 6.92 Å². The number of carbonyl (C=O) groups is 1. The number of rotatable bonds is 2. The van der Waals surface area contributed by atoms with Gasteiger partial charge in [0.05, 0.1) is 12.1 Å². The van der Waals surface area contributed by atoms with E-state index in [2.05, 4.69) is 5.32 Å². The topological polar surface area (TPSA) is 69.6 Å². The first-order chi connectivity index (χ1) is 5.63. The van der Waals surface area contributed by atoms with E-state index in [-0.39, 0.29) is 24.5 Å². The highest BCUT2D eigenvalue weighted by atomic mass is 16.3. The lowest BCUT2D eigenvalue weighted by molar-refractivity contribution is -0.120. The van der Waals surface area contributed by atoms with Gasteiger partial charge in [-0.15, -0.1) is 0 Å². The van der Waals surface area contributed by atoms with Crippen LogP contribution >= 0.6 is 0 Å². The predicted octanol–water partition coefficient (Wildman–Crippen LogP) is -0.746. The van der Waals surface area contributed by atoms with E-state index in [1.54, 1.807) is 0 Å². The highest BCUT2D eigenvalue weighted by molar-refractivity contribution is 5.73. The first-order valence-corrected chi connectivity index (χ1v) is 4.19. The molecule has 0 heterocycles. The predicted molar refractivity (Wildman–Crippen MR) is 43.4 cm³/mol. The first-order valence-electron chi connectivity index (χ1n) is 4.19. The van der Waals surface area contributed by atoms with Gasteiger partial charge in [0.1, 0.15) is 0 Å². The Labute approximate surface area is 71.6 Å². The lowest BCUT2D eigenvalue weighted by atomic mass is 10.1. The second-order valence-electron chi connectivity index (χ2n) is 3.39. The number of nitrogens with one attached hydrogen (secondary N) is 1. The van der Waals surface area contributed by atoms with Crippen LogP contribution in [0.2, 0.25) is 0 Å². The maximum atomic E-state index is 10.7. The summed E-state index contributed by atoms with van der Waals surface area (Å²) < 4.78 is 0. The molecular formula is C8H15NO3. The molecule has 3 N–H and O–H groups in total. The van der Waals surface area contributed by atoms with Crippen molar-refractivity contribution < 1.29 is 15.0 Å². The molecular weight excluding hydrogens is 158 g/mol. The Morgan fingerprint density at radius 1 is 1.58 bits per heavy atom. The monoisotopic (exact) mass is 173 g/mol. The third-order valence-electron chi connectivity index (χ3n) is 2.27. The molecule has 0 aromatic carbocycles. The Hall–Kier alpha value is -0.610. The Bertz CT molecular complexity index is 172. The molecule has 4 heteroatoms. The number of hydrogen-bond acceptors (Lipinski definition) is 3. The van der Waals surface area contributed by atoms with Gasteiger partial charge >= 0.3 is 0 Å². The Morgan fingerprint density at radius 2 is 2.25 bits per heavy atom. The van der Waals surface area contributed by atoms with Gasteiger partial charge in [-0.2, -0.15) is 0 Å². The maximum absolute atomic E-state index is 10.7. The van der Waals surface area contributed by atoms with E-state index < -0.39 is 6.10 Å². The molecule has 3 unspecified atom stereocenters. The zero-order valence-electron chi connectivity index (χ0n) is 7.16. The van der Waals surface area contributed by atoms with E-state index in [9.17, 15) is 9.90 Å². The zero-order valence-corrected chi connectivity index (χ0v) is 7.16. The van der Waals surface area contributed by atoms with E-state index in [0.29, 0.717) is 12.8 Å². The molecule has 1 aliphatic carbocycles. The Morgan fingerprint density at radius 3 is 2.67 bits per heavy atom. The molecule has 0 saturated heterocycles. The number of amides is 1. The van der Waals surface area contributed by atoms with Crippen LogP contribution in [0.4, 0.5) is 0 Å². The fourth-order valence-electron chi connectivity index (χ4n) is 1.68. The van der Waals surface area contributed by atoms with Crippen LogP contribution in [0.25, 0.3) is 0 Å². The van der Waals surface area contributed by atoms with Crippen molar-refractivity contribution >= 4 is 5.91 Å².